The summed E-state index contributed by atoms with van der Waals surface area (Å²) in [6.07, 6.45) is 0. The van der Waals surface area contributed by atoms with Gasteiger partial charge < -0.3 is 4.90 Å². The third-order valence-electron chi connectivity index (χ3n) is 3.16. The molecule has 0 atom stereocenters. The third kappa shape index (κ3) is 1.65. The van der Waals surface area contributed by atoms with E-state index in [1.165, 1.54) is 16.5 Å². The highest BCUT2D eigenvalue weighted by Gasteiger charge is 2.12. The van der Waals surface area contributed by atoms with Crippen LogP contribution in [-0.2, 0) is 0 Å². The van der Waals surface area contributed by atoms with Crippen LogP contribution in [0.1, 0.15) is 0 Å². The number of nitrogens with zero attached hydrogens (tertiary/aromatic N) is 2. The third-order valence-corrected chi connectivity index (χ3v) is 3.16. The fraction of sp³-hybridized carbons (Fsp3) is 0.286. The van der Waals surface area contributed by atoms with Gasteiger partial charge in [-0.15, -0.1) is 0 Å². The van der Waals surface area contributed by atoms with Crippen molar-refractivity contribution in [2.75, 3.05) is 31.1 Å². The van der Waals surface area contributed by atoms with Crippen molar-refractivity contribution in [3.8, 4) is 0 Å². The van der Waals surface area contributed by atoms with E-state index in [4.69, 9.17) is 0 Å². The lowest BCUT2D eigenvalue weighted by atomic mass is 10.1. The Kier molecular flexibility index (Phi) is 2.50. The summed E-state index contributed by atoms with van der Waals surface area (Å²) >= 11 is 0. The Bertz CT molecular complexity index is 482. The van der Waals surface area contributed by atoms with E-state index in [0.29, 0.717) is 0 Å². The van der Waals surface area contributed by atoms with Gasteiger partial charge in [0.1, 0.15) is 0 Å². The van der Waals surface area contributed by atoms with Gasteiger partial charge in [-0.25, -0.2) is 5.32 Å². The van der Waals surface area contributed by atoms with Crippen molar-refractivity contribution < 1.29 is 0 Å². The van der Waals surface area contributed by atoms with Gasteiger partial charge in [0.15, 0.2) is 0 Å². The Morgan fingerprint density at radius 3 is 2.50 bits per heavy atom. The van der Waals surface area contributed by atoms with Crippen molar-refractivity contribution in [2.45, 2.75) is 0 Å². The second-order valence-electron chi connectivity index (χ2n) is 4.16. The highest BCUT2D eigenvalue weighted by molar-refractivity contribution is 5.94. The van der Waals surface area contributed by atoms with Crippen molar-refractivity contribution in [1.82, 2.24) is 5.32 Å². The SMILES string of the molecule is c1ccc2c(N3CC[N]CC3)cccc2c1. The van der Waals surface area contributed by atoms with Gasteiger partial charge in [0.2, 0.25) is 0 Å². The summed E-state index contributed by atoms with van der Waals surface area (Å²) in [4.78, 5) is 2.44. The first-order valence-corrected chi connectivity index (χ1v) is 5.81. The van der Waals surface area contributed by atoms with Crippen LogP contribution in [0.15, 0.2) is 42.5 Å². The molecule has 0 saturated carbocycles. The summed E-state index contributed by atoms with van der Waals surface area (Å²) < 4.78 is 0. The van der Waals surface area contributed by atoms with Gasteiger partial charge in [-0.3, -0.25) is 0 Å². The summed E-state index contributed by atoms with van der Waals surface area (Å²) in [5.74, 6) is 0. The maximum atomic E-state index is 4.39. The van der Waals surface area contributed by atoms with E-state index in [1.54, 1.807) is 0 Å². The van der Waals surface area contributed by atoms with Crippen LogP contribution in [0.5, 0.6) is 0 Å². The van der Waals surface area contributed by atoms with Crippen LogP contribution in [-0.4, -0.2) is 26.2 Å². The van der Waals surface area contributed by atoms with Crippen LogP contribution < -0.4 is 10.2 Å². The lowest BCUT2D eigenvalue weighted by Gasteiger charge is -2.29. The van der Waals surface area contributed by atoms with Gasteiger partial charge in [0, 0.05) is 37.3 Å². The maximum Gasteiger partial charge on any atom is 0.0446 e. The van der Waals surface area contributed by atoms with Crippen LogP contribution >= 0.6 is 0 Å². The summed E-state index contributed by atoms with van der Waals surface area (Å²) in [6.45, 7) is 4.02. The van der Waals surface area contributed by atoms with E-state index in [1.807, 2.05) is 0 Å². The Morgan fingerprint density at radius 1 is 0.875 bits per heavy atom. The van der Waals surface area contributed by atoms with E-state index in [-0.39, 0.29) is 0 Å². The molecule has 1 fully saturated rings. The Morgan fingerprint density at radius 2 is 1.62 bits per heavy atom. The molecule has 0 amide bonds. The second kappa shape index (κ2) is 4.14. The Hall–Kier alpha value is -1.54. The van der Waals surface area contributed by atoms with Gasteiger partial charge in [-0.2, -0.15) is 0 Å². The molecule has 0 aliphatic carbocycles. The molecule has 2 nitrogen and oxygen atoms in total. The van der Waals surface area contributed by atoms with Gasteiger partial charge >= 0.3 is 0 Å². The van der Waals surface area contributed by atoms with Gasteiger partial charge in [-0.05, 0) is 11.5 Å². The van der Waals surface area contributed by atoms with Crippen molar-refractivity contribution >= 4 is 16.5 Å². The van der Waals surface area contributed by atoms with Crippen molar-refractivity contribution in [3.63, 3.8) is 0 Å². The van der Waals surface area contributed by atoms with E-state index in [9.17, 15) is 0 Å². The Labute approximate surface area is 95.9 Å². The average Bonchev–Trinajstić information content (AvgIpc) is 2.39. The number of anilines is 1. The maximum absolute atomic E-state index is 4.39. The first kappa shape index (κ1) is 9.67. The smallest absolute Gasteiger partial charge is 0.0446 e. The molecule has 2 heteroatoms. The molecule has 1 heterocycles. The van der Waals surface area contributed by atoms with Gasteiger partial charge in [-0.1, -0.05) is 36.4 Å². The monoisotopic (exact) mass is 211 g/mol. The minimum Gasteiger partial charge on any atom is -0.368 e. The molecule has 1 aliphatic heterocycles. The highest BCUT2D eigenvalue weighted by atomic mass is 15.2. The summed E-state index contributed by atoms with van der Waals surface area (Å²) in [7, 11) is 0. The molecule has 0 bridgehead atoms. The van der Waals surface area contributed by atoms with Crippen LogP contribution in [0.3, 0.4) is 0 Å². The summed E-state index contributed by atoms with van der Waals surface area (Å²) in [5.41, 5.74) is 1.35. The number of hydrogen-bond acceptors (Lipinski definition) is 1. The normalized spacial score (nSPS) is 16.6. The van der Waals surface area contributed by atoms with Crippen LogP contribution in [0.25, 0.3) is 10.8 Å². The molecule has 2 aromatic rings. The van der Waals surface area contributed by atoms with Crippen LogP contribution in [0.4, 0.5) is 5.69 Å². The zero-order chi connectivity index (χ0) is 10.8. The molecule has 81 valence electrons. The molecular weight excluding hydrogens is 196 g/mol. The quantitative estimate of drug-likeness (QED) is 0.707. The van der Waals surface area contributed by atoms with Crippen molar-refractivity contribution in [3.05, 3.63) is 42.5 Å². The summed E-state index contributed by atoms with van der Waals surface area (Å²) in [6, 6.07) is 15.1. The van der Waals surface area contributed by atoms with E-state index in [2.05, 4.69) is 52.7 Å². The van der Waals surface area contributed by atoms with E-state index < -0.39 is 0 Å². The second-order valence-corrected chi connectivity index (χ2v) is 4.16. The van der Waals surface area contributed by atoms with Gasteiger partial charge in [0.05, 0.1) is 0 Å². The Balaban J connectivity index is 2.08. The van der Waals surface area contributed by atoms with Crippen molar-refractivity contribution in [2.24, 2.45) is 0 Å². The molecule has 0 N–H and O–H groups in total. The van der Waals surface area contributed by atoms with Crippen LogP contribution in [0.2, 0.25) is 0 Å². The fourth-order valence-corrected chi connectivity index (χ4v) is 2.33. The number of hydrogen-bond donors (Lipinski definition) is 0. The lowest BCUT2D eigenvalue weighted by molar-refractivity contribution is 0.580. The molecule has 2 aromatic carbocycles. The molecule has 0 spiro atoms. The zero-order valence-corrected chi connectivity index (χ0v) is 9.26. The number of rotatable bonds is 1. The molecular formula is C14H15N2. The molecule has 1 aliphatic rings. The minimum atomic E-state index is 0.962. The molecule has 1 radical (unpaired) electrons. The lowest BCUT2D eigenvalue weighted by Crippen LogP contribution is -2.40. The first-order chi connectivity index (χ1) is 7.95. The van der Waals surface area contributed by atoms with E-state index >= 15 is 0 Å². The minimum absolute atomic E-state index is 0.962. The standard InChI is InChI=1S/C14H15N2/c1-2-6-13-12(4-1)5-3-7-14(13)16-10-8-15-9-11-16/h1-7H,8-11H2. The average molecular weight is 211 g/mol. The predicted octanol–water partition coefficient (Wildman–Crippen LogP) is 2.26. The van der Waals surface area contributed by atoms with Gasteiger partial charge in [0.25, 0.3) is 0 Å². The largest absolute Gasteiger partial charge is 0.368 e. The van der Waals surface area contributed by atoms with Crippen molar-refractivity contribution in [1.29, 1.82) is 0 Å². The molecule has 0 unspecified atom stereocenters. The molecule has 0 aromatic heterocycles. The molecule has 3 rings (SSSR count). The number of piperazine rings is 1. The number of benzene rings is 2. The summed E-state index contributed by atoms with van der Waals surface area (Å²) in [5, 5.41) is 7.07. The number of fused-ring (bicyclic) bond motifs is 1. The molecule has 16 heavy (non-hydrogen) atoms. The zero-order valence-electron chi connectivity index (χ0n) is 9.26. The first-order valence-electron chi connectivity index (χ1n) is 5.81. The molecule has 1 saturated heterocycles. The highest BCUT2D eigenvalue weighted by Crippen LogP contribution is 2.26. The fourth-order valence-electron chi connectivity index (χ4n) is 2.33. The van der Waals surface area contributed by atoms with Crippen LogP contribution in [0, 0.1) is 0 Å². The predicted molar refractivity (Wildman–Crippen MR) is 68.0 cm³/mol. The van der Waals surface area contributed by atoms with E-state index in [0.717, 1.165) is 26.2 Å². The topological polar surface area (TPSA) is 17.3 Å².